The molecule has 0 saturated heterocycles. The lowest BCUT2D eigenvalue weighted by Gasteiger charge is -2.13. The summed E-state index contributed by atoms with van der Waals surface area (Å²) in [5.74, 6) is -0.0408. The van der Waals surface area contributed by atoms with Crippen LogP contribution in [-0.2, 0) is 4.79 Å². The van der Waals surface area contributed by atoms with Crippen molar-refractivity contribution >= 4 is 34.8 Å². The Kier molecular flexibility index (Phi) is 4.15. The van der Waals surface area contributed by atoms with Gasteiger partial charge in [0.1, 0.15) is 0 Å². The lowest BCUT2D eigenvalue weighted by atomic mass is 10.1. The number of nitrogens with one attached hydrogen (secondary N) is 1. The van der Waals surface area contributed by atoms with Crippen molar-refractivity contribution in [2.45, 2.75) is 32.2 Å². The van der Waals surface area contributed by atoms with Crippen LogP contribution in [0.25, 0.3) is 0 Å². The Morgan fingerprint density at radius 3 is 2.67 bits per heavy atom. The summed E-state index contributed by atoms with van der Waals surface area (Å²) in [6.45, 7) is 1.87. The predicted octanol–water partition coefficient (Wildman–Crippen LogP) is 3.37. The number of benzene rings is 1. The molecule has 0 bridgehead atoms. The molecule has 0 aromatic heterocycles. The number of hydrogen-bond acceptors (Lipinski definition) is 2. The summed E-state index contributed by atoms with van der Waals surface area (Å²) >= 11 is 12.1. The monoisotopic (exact) mass is 286 g/mol. The highest BCUT2D eigenvalue weighted by atomic mass is 35.5. The van der Waals surface area contributed by atoms with Crippen LogP contribution in [0.15, 0.2) is 12.1 Å². The van der Waals surface area contributed by atoms with Crippen LogP contribution in [0.3, 0.4) is 0 Å². The minimum Gasteiger partial charge on any atom is -0.328 e. The fourth-order valence-corrected chi connectivity index (χ4v) is 2.66. The van der Waals surface area contributed by atoms with Crippen molar-refractivity contribution in [1.82, 2.24) is 0 Å². The summed E-state index contributed by atoms with van der Waals surface area (Å²) in [6.07, 6.45) is 2.48. The molecule has 0 aliphatic heterocycles. The first kappa shape index (κ1) is 13.7. The van der Waals surface area contributed by atoms with Gasteiger partial charge in [-0.3, -0.25) is 4.79 Å². The van der Waals surface area contributed by atoms with Gasteiger partial charge in [0, 0.05) is 17.0 Å². The number of nitrogens with two attached hydrogens (primary N) is 1. The number of amides is 1. The third kappa shape index (κ3) is 2.97. The summed E-state index contributed by atoms with van der Waals surface area (Å²) in [5, 5.41) is 3.93. The van der Waals surface area contributed by atoms with E-state index in [1.54, 1.807) is 12.1 Å². The molecule has 18 heavy (non-hydrogen) atoms. The van der Waals surface area contributed by atoms with Crippen LogP contribution in [0.5, 0.6) is 0 Å². The zero-order valence-corrected chi connectivity index (χ0v) is 11.7. The van der Waals surface area contributed by atoms with Crippen molar-refractivity contribution in [3.05, 3.63) is 27.7 Å². The van der Waals surface area contributed by atoms with Gasteiger partial charge in [-0.15, -0.1) is 0 Å². The summed E-state index contributed by atoms with van der Waals surface area (Å²) in [5.41, 5.74) is 7.26. The average molecular weight is 287 g/mol. The number of hydrogen-bond donors (Lipinski definition) is 2. The number of carbonyl (C=O) groups excluding carboxylic acids is 1. The topological polar surface area (TPSA) is 55.1 Å². The molecule has 3 nitrogen and oxygen atoms in total. The first-order valence-electron chi connectivity index (χ1n) is 5.99. The van der Waals surface area contributed by atoms with Crippen LogP contribution in [0.2, 0.25) is 10.0 Å². The number of carbonyl (C=O) groups is 1. The van der Waals surface area contributed by atoms with Gasteiger partial charge in [-0.1, -0.05) is 23.2 Å². The average Bonchev–Trinajstić information content (AvgIpc) is 2.73. The van der Waals surface area contributed by atoms with Crippen molar-refractivity contribution in [2.24, 2.45) is 11.7 Å². The Morgan fingerprint density at radius 1 is 1.33 bits per heavy atom. The molecular weight excluding hydrogens is 271 g/mol. The predicted molar refractivity (Wildman–Crippen MR) is 75.1 cm³/mol. The highest BCUT2D eigenvalue weighted by molar-refractivity contribution is 6.36. The number of aryl methyl sites for hydroxylation is 1. The molecule has 1 aromatic rings. The molecule has 1 saturated carbocycles. The molecule has 1 fully saturated rings. The van der Waals surface area contributed by atoms with Crippen LogP contribution in [0, 0.1) is 12.8 Å². The Hall–Kier alpha value is -0.770. The van der Waals surface area contributed by atoms with Gasteiger partial charge >= 0.3 is 0 Å². The lowest BCUT2D eigenvalue weighted by molar-refractivity contribution is -0.119. The molecule has 0 heterocycles. The van der Waals surface area contributed by atoms with Gasteiger partial charge in [0.25, 0.3) is 0 Å². The first-order chi connectivity index (χ1) is 8.47. The molecule has 2 atom stereocenters. The van der Waals surface area contributed by atoms with Crippen LogP contribution in [0.1, 0.15) is 24.8 Å². The molecule has 0 spiro atoms. The van der Waals surface area contributed by atoms with Crippen molar-refractivity contribution in [1.29, 1.82) is 0 Å². The van der Waals surface area contributed by atoms with Gasteiger partial charge in [-0.05, 0) is 43.9 Å². The van der Waals surface area contributed by atoms with Gasteiger partial charge in [0.2, 0.25) is 5.91 Å². The molecule has 5 heteroatoms. The van der Waals surface area contributed by atoms with Crippen molar-refractivity contribution in [2.75, 3.05) is 5.32 Å². The van der Waals surface area contributed by atoms with Gasteiger partial charge in [-0.2, -0.15) is 0 Å². The molecule has 1 aliphatic carbocycles. The van der Waals surface area contributed by atoms with Crippen molar-refractivity contribution < 1.29 is 4.79 Å². The minimum atomic E-state index is -0.0234. The maximum absolute atomic E-state index is 12.0. The zero-order valence-electron chi connectivity index (χ0n) is 10.2. The van der Waals surface area contributed by atoms with Crippen LogP contribution in [-0.4, -0.2) is 11.9 Å². The summed E-state index contributed by atoms with van der Waals surface area (Å²) in [4.78, 5) is 12.0. The summed E-state index contributed by atoms with van der Waals surface area (Å²) in [7, 11) is 0. The Labute approximate surface area is 117 Å². The van der Waals surface area contributed by atoms with Gasteiger partial charge in [0.15, 0.2) is 0 Å². The van der Waals surface area contributed by atoms with Gasteiger partial charge in [0.05, 0.1) is 10.7 Å². The van der Waals surface area contributed by atoms with E-state index < -0.39 is 0 Å². The van der Waals surface area contributed by atoms with Crippen molar-refractivity contribution in [3.8, 4) is 0 Å². The van der Waals surface area contributed by atoms with E-state index in [0.29, 0.717) is 15.7 Å². The van der Waals surface area contributed by atoms with E-state index in [9.17, 15) is 4.79 Å². The van der Waals surface area contributed by atoms with E-state index >= 15 is 0 Å². The SMILES string of the molecule is Cc1cc(Cl)c(NC(=O)C2CCC(N)C2)cc1Cl. The van der Waals surface area contributed by atoms with E-state index in [1.165, 1.54) is 0 Å². The highest BCUT2D eigenvalue weighted by Crippen LogP contribution is 2.31. The Bertz CT molecular complexity index is 476. The second-order valence-corrected chi connectivity index (χ2v) is 5.65. The van der Waals surface area contributed by atoms with E-state index in [-0.39, 0.29) is 17.9 Å². The van der Waals surface area contributed by atoms with Gasteiger partial charge < -0.3 is 11.1 Å². The largest absolute Gasteiger partial charge is 0.328 e. The standard InChI is InChI=1S/C13H16Cl2N2O/c1-7-4-11(15)12(6-10(7)14)17-13(18)8-2-3-9(16)5-8/h4,6,8-9H,2-3,5,16H2,1H3,(H,17,18). The molecule has 2 unspecified atom stereocenters. The molecule has 98 valence electrons. The van der Waals surface area contributed by atoms with Crippen LogP contribution < -0.4 is 11.1 Å². The molecule has 0 radical (unpaired) electrons. The van der Waals surface area contributed by atoms with E-state index in [4.69, 9.17) is 28.9 Å². The first-order valence-corrected chi connectivity index (χ1v) is 6.75. The maximum atomic E-state index is 12.0. The fraction of sp³-hybridized carbons (Fsp3) is 0.462. The quantitative estimate of drug-likeness (QED) is 0.876. The third-order valence-corrected chi connectivity index (χ3v) is 4.07. The number of halogens is 2. The second kappa shape index (κ2) is 5.47. The number of anilines is 1. The fourth-order valence-electron chi connectivity index (χ4n) is 2.23. The third-order valence-electron chi connectivity index (χ3n) is 3.35. The second-order valence-electron chi connectivity index (χ2n) is 4.84. The molecule has 1 amide bonds. The van der Waals surface area contributed by atoms with E-state index in [0.717, 1.165) is 24.8 Å². The maximum Gasteiger partial charge on any atom is 0.227 e. The van der Waals surface area contributed by atoms with E-state index in [1.807, 2.05) is 6.92 Å². The Morgan fingerprint density at radius 2 is 2.06 bits per heavy atom. The molecule has 1 aromatic carbocycles. The van der Waals surface area contributed by atoms with Gasteiger partial charge in [-0.25, -0.2) is 0 Å². The molecule has 1 aliphatic rings. The normalized spacial score (nSPS) is 23.1. The highest BCUT2D eigenvalue weighted by Gasteiger charge is 2.28. The molecule has 3 N–H and O–H groups in total. The van der Waals surface area contributed by atoms with E-state index in [2.05, 4.69) is 5.32 Å². The lowest BCUT2D eigenvalue weighted by Crippen LogP contribution is -2.23. The summed E-state index contributed by atoms with van der Waals surface area (Å²) < 4.78 is 0. The summed E-state index contributed by atoms with van der Waals surface area (Å²) in [6, 6.07) is 3.57. The van der Waals surface area contributed by atoms with Crippen LogP contribution >= 0.6 is 23.2 Å². The minimum absolute atomic E-state index is 0.0175. The smallest absolute Gasteiger partial charge is 0.227 e. The number of rotatable bonds is 2. The Balaban J connectivity index is 2.09. The van der Waals surface area contributed by atoms with Crippen molar-refractivity contribution in [3.63, 3.8) is 0 Å². The van der Waals surface area contributed by atoms with Crippen LogP contribution in [0.4, 0.5) is 5.69 Å². The zero-order chi connectivity index (χ0) is 13.3. The molecule has 2 rings (SSSR count). The molecular formula is C13H16Cl2N2O.